The van der Waals surface area contributed by atoms with E-state index in [9.17, 15) is 14.3 Å². The van der Waals surface area contributed by atoms with Gasteiger partial charge < -0.3 is 14.9 Å². The number of hydrogen-bond acceptors (Lipinski definition) is 3. The zero-order valence-corrected chi connectivity index (χ0v) is 16.8. The van der Waals surface area contributed by atoms with Crippen molar-refractivity contribution in [3.05, 3.63) is 54.4 Å². The van der Waals surface area contributed by atoms with E-state index >= 15 is 0 Å². The molecule has 158 valence electrons. The van der Waals surface area contributed by atoms with E-state index in [0.717, 1.165) is 18.8 Å². The lowest BCUT2D eigenvalue weighted by atomic mass is 9.77. The molecule has 3 rings (SSSR count). The van der Waals surface area contributed by atoms with Crippen LogP contribution in [-0.4, -0.2) is 28.9 Å². The van der Waals surface area contributed by atoms with Crippen LogP contribution in [0.25, 0.3) is 0 Å². The molecule has 0 saturated heterocycles. The zero-order chi connectivity index (χ0) is 20.6. The standard InChI is InChI=1S/C24H31FO4/c25-19-9-12-21(13-10-19)29-16-20(26)11-14-23-18-8-7-17(15-18)22(23)5-3-1-2-4-6-24(27)28/h1,3,9-14,17-18,20,22-23,26H,2,4-8,15-16H2,(H,27,28)/b3-1-,14-11+/t17?,18?,20-,22+,23+/m1/s1. The molecule has 0 amide bonds. The number of carbonyl (C=O) groups is 1. The molecule has 1 aromatic rings. The van der Waals surface area contributed by atoms with Crippen LogP contribution in [0.3, 0.4) is 0 Å². The van der Waals surface area contributed by atoms with E-state index in [1.165, 1.54) is 31.4 Å². The molecular formula is C24H31FO4. The van der Waals surface area contributed by atoms with Crippen molar-refractivity contribution in [3.8, 4) is 5.75 Å². The second kappa shape index (κ2) is 10.6. The van der Waals surface area contributed by atoms with E-state index in [1.54, 1.807) is 12.1 Å². The summed E-state index contributed by atoms with van der Waals surface area (Å²) in [5.41, 5.74) is 0. The molecule has 0 heterocycles. The lowest BCUT2D eigenvalue weighted by Gasteiger charge is -2.28. The van der Waals surface area contributed by atoms with Crippen molar-refractivity contribution in [2.75, 3.05) is 6.61 Å². The van der Waals surface area contributed by atoms with Crippen molar-refractivity contribution < 1.29 is 24.1 Å². The van der Waals surface area contributed by atoms with E-state index in [4.69, 9.17) is 9.84 Å². The third-order valence-electron chi connectivity index (χ3n) is 6.28. The van der Waals surface area contributed by atoms with Gasteiger partial charge in [-0.2, -0.15) is 0 Å². The fraction of sp³-hybridized carbons (Fsp3) is 0.542. The van der Waals surface area contributed by atoms with Crippen molar-refractivity contribution in [1.82, 2.24) is 0 Å². The molecule has 2 unspecified atom stereocenters. The van der Waals surface area contributed by atoms with E-state index in [-0.39, 0.29) is 18.8 Å². The number of carboxylic acid groups (broad SMARTS) is 1. The third kappa shape index (κ3) is 6.43. The average Bonchev–Trinajstić information content (AvgIpc) is 3.30. The number of unbranched alkanes of at least 4 members (excludes halogenated alkanes) is 1. The number of fused-ring (bicyclic) bond motifs is 2. The molecule has 2 aliphatic rings. The fourth-order valence-corrected chi connectivity index (χ4v) is 4.87. The molecule has 2 fully saturated rings. The highest BCUT2D eigenvalue weighted by Crippen LogP contribution is 2.54. The van der Waals surface area contributed by atoms with Gasteiger partial charge in [0.05, 0.1) is 0 Å². The van der Waals surface area contributed by atoms with Crippen LogP contribution in [0.4, 0.5) is 4.39 Å². The molecule has 5 heteroatoms. The number of halogens is 1. The number of aliphatic hydroxyl groups is 1. The zero-order valence-electron chi connectivity index (χ0n) is 16.8. The van der Waals surface area contributed by atoms with Gasteiger partial charge >= 0.3 is 5.97 Å². The summed E-state index contributed by atoms with van der Waals surface area (Å²) in [4.78, 5) is 10.6. The Morgan fingerprint density at radius 3 is 2.72 bits per heavy atom. The van der Waals surface area contributed by atoms with Crippen LogP contribution in [0.2, 0.25) is 0 Å². The summed E-state index contributed by atoms with van der Waals surface area (Å²) in [6.07, 6.45) is 14.2. The first-order valence-electron chi connectivity index (χ1n) is 10.6. The summed E-state index contributed by atoms with van der Waals surface area (Å²) < 4.78 is 18.5. The molecule has 1 aromatic carbocycles. The van der Waals surface area contributed by atoms with E-state index in [2.05, 4.69) is 18.2 Å². The first kappa shape index (κ1) is 21.6. The SMILES string of the molecule is O=C(O)CCC/C=C\C[C@H]1C2CCC(C2)[C@@H]1/C=C/[C@@H](O)COc1ccc(F)cc1. The van der Waals surface area contributed by atoms with E-state index in [1.807, 2.05) is 6.08 Å². The fourth-order valence-electron chi connectivity index (χ4n) is 4.87. The molecular weight excluding hydrogens is 371 g/mol. The van der Waals surface area contributed by atoms with Crippen LogP contribution < -0.4 is 4.74 Å². The number of benzene rings is 1. The molecule has 4 nitrogen and oxygen atoms in total. The highest BCUT2D eigenvalue weighted by Gasteiger charge is 2.45. The van der Waals surface area contributed by atoms with Gasteiger partial charge in [-0.25, -0.2) is 4.39 Å². The minimum absolute atomic E-state index is 0.150. The second-order valence-electron chi connectivity index (χ2n) is 8.28. The van der Waals surface area contributed by atoms with Gasteiger partial charge in [0.2, 0.25) is 0 Å². The summed E-state index contributed by atoms with van der Waals surface area (Å²) in [5, 5.41) is 18.9. The minimum atomic E-state index is -0.737. The summed E-state index contributed by atoms with van der Waals surface area (Å²) in [7, 11) is 0. The predicted octanol–water partition coefficient (Wildman–Crippen LogP) is 4.99. The third-order valence-corrected chi connectivity index (χ3v) is 6.28. The highest BCUT2D eigenvalue weighted by atomic mass is 19.1. The van der Waals surface area contributed by atoms with Crippen LogP contribution >= 0.6 is 0 Å². The van der Waals surface area contributed by atoms with Gasteiger partial charge in [-0.15, -0.1) is 0 Å². The van der Waals surface area contributed by atoms with Crippen molar-refractivity contribution in [1.29, 1.82) is 0 Å². The van der Waals surface area contributed by atoms with Gasteiger partial charge in [-0.05, 0) is 86.5 Å². The Morgan fingerprint density at radius 2 is 1.97 bits per heavy atom. The molecule has 2 N–H and O–H groups in total. The summed E-state index contributed by atoms with van der Waals surface area (Å²) >= 11 is 0. The maximum absolute atomic E-state index is 12.9. The Hall–Kier alpha value is -2.14. The largest absolute Gasteiger partial charge is 0.491 e. The molecule has 0 aromatic heterocycles. The Bertz CT molecular complexity index is 712. The van der Waals surface area contributed by atoms with Gasteiger partial charge in [-0.3, -0.25) is 4.79 Å². The lowest BCUT2D eigenvalue weighted by molar-refractivity contribution is -0.137. The quantitative estimate of drug-likeness (QED) is 0.404. The van der Waals surface area contributed by atoms with Crippen LogP contribution in [0.5, 0.6) is 5.75 Å². The number of ether oxygens (including phenoxy) is 1. The molecule has 0 spiro atoms. The van der Waals surface area contributed by atoms with Crippen LogP contribution in [0, 0.1) is 29.5 Å². The van der Waals surface area contributed by atoms with Gasteiger partial charge in [0, 0.05) is 6.42 Å². The minimum Gasteiger partial charge on any atom is -0.491 e. The summed E-state index contributed by atoms with van der Waals surface area (Å²) in [6, 6.07) is 5.79. The summed E-state index contributed by atoms with van der Waals surface area (Å²) in [5.74, 6) is 2.04. The van der Waals surface area contributed by atoms with Crippen molar-refractivity contribution in [2.45, 2.75) is 51.0 Å². The number of aliphatic carboxylic acids is 1. The normalized spacial score (nSPS) is 27.1. The Balaban J connectivity index is 1.46. The van der Waals surface area contributed by atoms with Gasteiger partial charge in [0.25, 0.3) is 0 Å². The first-order chi connectivity index (χ1) is 14.0. The van der Waals surface area contributed by atoms with Crippen molar-refractivity contribution >= 4 is 5.97 Å². The first-order valence-corrected chi connectivity index (χ1v) is 10.6. The topological polar surface area (TPSA) is 66.8 Å². The van der Waals surface area contributed by atoms with Crippen LogP contribution in [0.1, 0.15) is 44.9 Å². The maximum atomic E-state index is 12.9. The van der Waals surface area contributed by atoms with E-state index < -0.39 is 12.1 Å². The monoisotopic (exact) mass is 402 g/mol. The molecule has 5 atom stereocenters. The van der Waals surface area contributed by atoms with E-state index in [0.29, 0.717) is 29.9 Å². The smallest absolute Gasteiger partial charge is 0.303 e. The number of allylic oxidation sites excluding steroid dienone is 3. The molecule has 29 heavy (non-hydrogen) atoms. The number of rotatable bonds is 11. The van der Waals surface area contributed by atoms with Gasteiger partial charge in [-0.1, -0.05) is 24.3 Å². The van der Waals surface area contributed by atoms with Crippen LogP contribution in [0.15, 0.2) is 48.6 Å². The summed E-state index contributed by atoms with van der Waals surface area (Å²) in [6.45, 7) is 0.150. The van der Waals surface area contributed by atoms with Crippen molar-refractivity contribution in [3.63, 3.8) is 0 Å². The van der Waals surface area contributed by atoms with Crippen LogP contribution in [-0.2, 0) is 4.79 Å². The Kier molecular flexibility index (Phi) is 7.87. The highest BCUT2D eigenvalue weighted by molar-refractivity contribution is 5.66. The second-order valence-corrected chi connectivity index (χ2v) is 8.28. The molecule has 2 saturated carbocycles. The number of carboxylic acids is 1. The average molecular weight is 403 g/mol. The molecule has 2 bridgehead atoms. The maximum Gasteiger partial charge on any atom is 0.303 e. The lowest BCUT2D eigenvalue weighted by Crippen LogP contribution is -2.21. The Morgan fingerprint density at radius 1 is 1.21 bits per heavy atom. The number of hydrogen-bond donors (Lipinski definition) is 2. The molecule has 0 radical (unpaired) electrons. The predicted molar refractivity (Wildman–Crippen MR) is 110 cm³/mol. The van der Waals surface area contributed by atoms with Gasteiger partial charge in [0.15, 0.2) is 0 Å². The molecule has 2 aliphatic carbocycles. The molecule has 0 aliphatic heterocycles. The Labute approximate surface area is 172 Å². The van der Waals surface area contributed by atoms with Gasteiger partial charge in [0.1, 0.15) is 24.3 Å². The van der Waals surface area contributed by atoms with Crippen molar-refractivity contribution in [2.24, 2.45) is 23.7 Å². The number of aliphatic hydroxyl groups excluding tert-OH is 1.